The number of benzene rings is 4. The van der Waals surface area contributed by atoms with E-state index < -0.39 is 40.3 Å². The minimum absolute atomic E-state index is 0. The molecule has 0 saturated carbocycles. The van der Waals surface area contributed by atoms with Gasteiger partial charge in [0, 0.05) is 94.5 Å². The van der Waals surface area contributed by atoms with Crippen molar-refractivity contribution in [2.45, 2.75) is 122 Å². The summed E-state index contributed by atoms with van der Waals surface area (Å²) in [5, 5.41) is 18.7. The molecule has 0 saturated heterocycles. The highest BCUT2D eigenvalue weighted by atomic mass is 79.9. The van der Waals surface area contributed by atoms with Crippen molar-refractivity contribution in [1.29, 1.82) is 0 Å². The Labute approximate surface area is 506 Å². The number of nitrogens with zero attached hydrogens (tertiary/aromatic N) is 1. The lowest BCUT2D eigenvalue weighted by molar-refractivity contribution is -0.124. The predicted octanol–water partition coefficient (Wildman–Crippen LogP) is 16.0. The number of aromatic amines is 3. The second kappa shape index (κ2) is 23.0. The molecule has 0 unspecified atom stereocenters. The molecule has 4 aliphatic rings. The highest BCUT2D eigenvalue weighted by Gasteiger charge is 2.43. The number of para-hydroxylation sites is 2. The Morgan fingerprint density at radius 1 is 0.573 bits per heavy atom. The highest BCUT2D eigenvalue weighted by Crippen LogP contribution is 2.47. The van der Waals surface area contributed by atoms with E-state index in [1.54, 1.807) is 12.4 Å². The van der Waals surface area contributed by atoms with Gasteiger partial charge in [-0.1, -0.05) is 165 Å². The van der Waals surface area contributed by atoms with E-state index in [4.69, 9.17) is 32.1 Å². The third kappa shape index (κ3) is 11.4. The first kappa shape index (κ1) is 60.7. The van der Waals surface area contributed by atoms with Crippen LogP contribution in [-0.4, -0.2) is 83.2 Å². The Balaban J connectivity index is 0.000000166. The molecule has 12 rings (SSSR count). The molecule has 428 valence electrons. The van der Waals surface area contributed by atoms with Crippen LogP contribution in [0.2, 0.25) is 46.6 Å². The van der Waals surface area contributed by atoms with Crippen molar-refractivity contribution in [3.05, 3.63) is 163 Å². The summed E-state index contributed by atoms with van der Waals surface area (Å²) in [6.07, 6.45) is 12.9. The molecule has 0 fully saturated rings. The summed E-state index contributed by atoms with van der Waals surface area (Å²) in [5.74, 6) is -1.77. The average Bonchev–Trinajstić information content (AvgIpc) is 2.58. The van der Waals surface area contributed by atoms with Gasteiger partial charge in [0.2, 0.25) is 0 Å². The number of amides is 4. The Morgan fingerprint density at radius 3 is 1.55 bits per heavy atom. The highest BCUT2D eigenvalue weighted by molar-refractivity contribution is 9.10. The molecule has 0 spiro atoms. The summed E-state index contributed by atoms with van der Waals surface area (Å²) >= 11 is 20.7. The maximum atomic E-state index is 13.4. The quantitative estimate of drug-likeness (QED) is 0.0472. The number of carbonyl (C=O) groups excluding carboxylic acids is 4. The fourth-order valence-corrected chi connectivity index (χ4v) is 14.4. The number of aromatic nitrogens is 4. The molecule has 6 N–H and O–H groups in total. The fraction of sp³-hybridized carbons (Fsp3) is 0.302. The maximum absolute atomic E-state index is 13.4. The number of aliphatic hydroxyl groups excluding tert-OH is 1. The number of carbonyl (C=O) groups is 4. The lowest BCUT2D eigenvalue weighted by Gasteiger charge is -2.38. The van der Waals surface area contributed by atoms with Gasteiger partial charge in [-0.05, 0) is 84.8 Å². The molecule has 2 aliphatic carbocycles. The number of rotatable bonds is 9. The molecule has 8 aromatic rings. The summed E-state index contributed by atoms with van der Waals surface area (Å²) in [4.78, 5) is 61.6. The molecule has 0 radical (unpaired) electrons. The molecule has 2 aliphatic heterocycles. The summed E-state index contributed by atoms with van der Waals surface area (Å²) < 4.78 is 16.6. The molecular weight excluding hydrogens is 1240 g/mol. The number of aliphatic hydroxyl groups is 1. The summed E-state index contributed by atoms with van der Waals surface area (Å²) in [6.45, 7) is 22.4. The molecule has 4 aromatic carbocycles. The van der Waals surface area contributed by atoms with Gasteiger partial charge in [0.25, 0.3) is 23.6 Å². The van der Waals surface area contributed by atoms with Gasteiger partial charge in [-0.3, -0.25) is 29.8 Å². The van der Waals surface area contributed by atoms with E-state index in [0.29, 0.717) is 43.7 Å². The van der Waals surface area contributed by atoms with Crippen LogP contribution in [0.1, 0.15) is 90.1 Å². The first-order chi connectivity index (χ1) is 38.1. The van der Waals surface area contributed by atoms with Crippen LogP contribution in [0.5, 0.6) is 0 Å². The van der Waals surface area contributed by atoms with Gasteiger partial charge in [-0.2, -0.15) is 0 Å². The first-order valence-electron chi connectivity index (χ1n) is 26.8. The van der Waals surface area contributed by atoms with Gasteiger partial charge >= 0.3 is 0 Å². The van der Waals surface area contributed by atoms with Crippen LogP contribution < -0.4 is 10.6 Å². The van der Waals surface area contributed by atoms with Crippen LogP contribution in [0.15, 0.2) is 131 Å². The second-order valence-corrected chi connectivity index (χ2v) is 36.1. The summed E-state index contributed by atoms with van der Waals surface area (Å²) in [6, 6.07) is 26.9. The van der Waals surface area contributed by atoms with Gasteiger partial charge in [-0.25, -0.2) is 0 Å². The van der Waals surface area contributed by atoms with Crippen LogP contribution in [0.3, 0.4) is 0 Å². The Hall–Kier alpha value is -5.87. The zero-order chi connectivity index (χ0) is 58.2. The van der Waals surface area contributed by atoms with E-state index >= 15 is 0 Å². The molecule has 13 nitrogen and oxygen atoms in total. The Kier molecular flexibility index (Phi) is 17.0. The lowest BCUT2D eigenvalue weighted by atomic mass is 9.95. The standard InChI is InChI=1S/C31H31BrClN3O3Si.C20H11BrClN3O2.C11H22O2Si.CH4/c1-31(2,3)40(4,5)39-19-12-11-18(15-19)36-24-13-10-17(32)14-21(24)25(28(36)33)27-26(29(37)35-30(27)38)22-16-34-23-9-7-6-8-20(22)23;21-9-5-6-14-11(7-9)15(18(22)24-14)17-16(19(26)25-20(17)27)12-8-23-13-4-2-1-3-10(12)13;1-11(2,3)14(4,5)13-10-7-6-9(12)8-10;/h6-14,16,18-19,34H,15H2,1-5H3,(H,35,37,38);1-8,23-24H,(H,25,26,27);6-7,9-10,12H,8H2,1-5H3;1H4/t18-,19+;;9-,10-;/m0.1./s1. The summed E-state index contributed by atoms with van der Waals surface area (Å²) in [7, 11) is -3.63. The average molecular weight is 1310 g/mol. The topological polar surface area (TPSA) is 183 Å². The Morgan fingerprint density at radius 2 is 1.04 bits per heavy atom. The van der Waals surface area contributed by atoms with Crippen molar-refractivity contribution in [3.63, 3.8) is 0 Å². The number of halogens is 4. The zero-order valence-electron chi connectivity index (χ0n) is 46.6. The SMILES string of the molecule is C.CC(C)(C)[Si](C)(C)O[C@@H]1C=C[C@@H](O)C1.CC(C)(C)[Si](C)(C)O[C@@H]1C=C[C@H](n2c(Cl)c(C3=C(c4c[nH]c5ccccc45)C(=O)NC3=O)c3cc(Br)ccc32)C1.O=C1NC(=O)C(c2c(Cl)[nH]c3ccc(Br)cc23)=C1c1c[nH]c2ccccc12. The van der Waals surface area contributed by atoms with Crippen LogP contribution in [0.4, 0.5) is 0 Å². The molecule has 6 heterocycles. The molecule has 4 atom stereocenters. The lowest BCUT2D eigenvalue weighted by Crippen LogP contribution is -2.43. The van der Waals surface area contributed by atoms with Gasteiger partial charge < -0.3 is 33.5 Å². The van der Waals surface area contributed by atoms with Gasteiger partial charge in [0.1, 0.15) is 10.3 Å². The van der Waals surface area contributed by atoms with E-state index in [-0.39, 0.29) is 53.0 Å². The second-order valence-electron chi connectivity index (χ2n) is 24.0. The van der Waals surface area contributed by atoms with Crippen LogP contribution in [-0.2, 0) is 28.0 Å². The third-order valence-corrected chi connectivity index (χ3v) is 27.2. The minimum atomic E-state index is -1.97. The number of H-pyrrole nitrogens is 3. The number of hydrogen-bond donors (Lipinski definition) is 6. The predicted molar refractivity (Wildman–Crippen MR) is 346 cm³/mol. The van der Waals surface area contributed by atoms with Crippen molar-refractivity contribution in [2.75, 3.05) is 0 Å². The smallest absolute Gasteiger partial charge is 0.259 e. The van der Waals surface area contributed by atoms with Crippen molar-refractivity contribution < 1.29 is 33.1 Å². The molecule has 4 aromatic heterocycles. The molecule has 4 amide bonds. The van der Waals surface area contributed by atoms with Crippen molar-refractivity contribution in [2.24, 2.45) is 0 Å². The van der Waals surface area contributed by atoms with E-state index in [0.717, 1.165) is 65.4 Å². The molecule has 82 heavy (non-hydrogen) atoms. The van der Waals surface area contributed by atoms with Crippen molar-refractivity contribution in [1.82, 2.24) is 30.2 Å². The number of fused-ring (bicyclic) bond motifs is 4. The van der Waals surface area contributed by atoms with E-state index in [1.807, 2.05) is 97.1 Å². The number of imide groups is 2. The molecule has 19 heteroatoms. The van der Waals surface area contributed by atoms with E-state index in [9.17, 15) is 24.3 Å². The fourth-order valence-electron chi connectivity index (χ4n) is 10.4. The first-order valence-corrected chi connectivity index (χ1v) is 35.0. The largest absolute Gasteiger partial charge is 0.410 e. The van der Waals surface area contributed by atoms with Gasteiger partial charge in [0.05, 0.1) is 52.2 Å². The number of hydrogen-bond acceptors (Lipinski definition) is 7. The minimum Gasteiger partial charge on any atom is -0.410 e. The zero-order valence-corrected chi connectivity index (χ0v) is 53.3. The molecule has 0 bridgehead atoms. The van der Waals surface area contributed by atoms with Crippen LogP contribution in [0.25, 0.3) is 65.9 Å². The van der Waals surface area contributed by atoms with Crippen molar-refractivity contribution in [3.8, 4) is 0 Å². The summed E-state index contributed by atoms with van der Waals surface area (Å²) in [5.41, 5.74) is 7.09. The third-order valence-electron chi connectivity index (χ3n) is 16.6. The van der Waals surface area contributed by atoms with Crippen molar-refractivity contribution >= 4 is 161 Å². The van der Waals surface area contributed by atoms with E-state index in [1.165, 1.54) is 0 Å². The van der Waals surface area contributed by atoms with E-state index in [2.05, 4.69) is 142 Å². The maximum Gasteiger partial charge on any atom is 0.259 e. The van der Waals surface area contributed by atoms with Crippen LogP contribution >= 0.6 is 55.1 Å². The van der Waals surface area contributed by atoms with Gasteiger partial charge in [0.15, 0.2) is 16.6 Å². The molecular formula is C63H68Br2Cl2N6O7Si2. The number of allylic oxidation sites excluding steroid dienone is 1. The normalized spacial score (nSPS) is 19.4. The number of nitrogens with one attached hydrogen (secondary N) is 5. The monoisotopic (exact) mass is 1300 g/mol. The van der Waals surface area contributed by atoms with Crippen LogP contribution in [0, 0.1) is 0 Å². The van der Waals surface area contributed by atoms with Gasteiger partial charge in [-0.15, -0.1) is 0 Å². The Bertz CT molecular complexity index is 4020.